The second-order valence-electron chi connectivity index (χ2n) is 9.87. The topological polar surface area (TPSA) is 99.8 Å². The highest BCUT2D eigenvalue weighted by molar-refractivity contribution is 5.95. The van der Waals surface area contributed by atoms with Crippen molar-refractivity contribution in [2.45, 2.75) is 46.6 Å². The summed E-state index contributed by atoms with van der Waals surface area (Å²) < 4.78 is 6.33. The van der Waals surface area contributed by atoms with E-state index in [0.29, 0.717) is 41.9 Å². The maximum atomic E-state index is 13.4. The van der Waals surface area contributed by atoms with Crippen molar-refractivity contribution in [3.05, 3.63) is 68.9 Å². The van der Waals surface area contributed by atoms with Crippen LogP contribution in [0.15, 0.2) is 45.6 Å². The van der Waals surface area contributed by atoms with Gasteiger partial charge in [0.25, 0.3) is 0 Å². The van der Waals surface area contributed by atoms with Crippen molar-refractivity contribution in [2.75, 3.05) is 23.3 Å². The Kier molecular flexibility index (Phi) is 6.21. The monoisotopic (exact) mass is 462 g/mol. The highest BCUT2D eigenvalue weighted by Gasteiger charge is 2.29. The second-order valence-corrected chi connectivity index (χ2v) is 9.87. The Morgan fingerprint density at radius 3 is 2.53 bits per heavy atom. The van der Waals surface area contributed by atoms with Gasteiger partial charge in [0.1, 0.15) is 11.1 Å². The molecule has 1 atom stereocenters. The highest BCUT2D eigenvalue weighted by Crippen LogP contribution is 2.36. The first-order valence-corrected chi connectivity index (χ1v) is 11.5. The van der Waals surface area contributed by atoms with Crippen molar-refractivity contribution < 1.29 is 19.1 Å². The number of carbonyl (C=O) groups excluding carboxylic acids is 1. The molecule has 1 aliphatic heterocycles. The fourth-order valence-corrected chi connectivity index (χ4v) is 4.56. The third-order valence-corrected chi connectivity index (χ3v) is 6.70. The summed E-state index contributed by atoms with van der Waals surface area (Å²) in [5.41, 5.74) is 2.51. The third kappa shape index (κ3) is 4.42. The Balaban J connectivity index is 1.83. The van der Waals surface area contributed by atoms with Crippen LogP contribution in [-0.2, 0) is 0 Å². The average Bonchev–Trinajstić information content (AvgIpc) is 2.79. The number of benzene rings is 2. The standard InChI is InChI=1S/C27H30N2O5/c1-16-13-19(17(2)28-22-8-6-5-7-18(22)26(32)33)24-20(14-16)23(31)21(15-30)25(34-24)29-11-9-27(3,4)10-12-29/h5-8,13-15,17,28H,9-12H2,1-4H3,(H,32,33). The van der Waals surface area contributed by atoms with Crippen molar-refractivity contribution in [1.29, 1.82) is 0 Å². The van der Waals surface area contributed by atoms with Gasteiger partial charge in [0.2, 0.25) is 11.3 Å². The van der Waals surface area contributed by atoms with Gasteiger partial charge >= 0.3 is 5.97 Å². The van der Waals surface area contributed by atoms with E-state index in [1.54, 1.807) is 24.3 Å². The molecule has 0 saturated carbocycles. The van der Waals surface area contributed by atoms with Crippen LogP contribution in [0.5, 0.6) is 0 Å². The summed E-state index contributed by atoms with van der Waals surface area (Å²) in [6, 6.07) is 9.99. The molecular weight excluding hydrogens is 432 g/mol. The molecule has 1 unspecified atom stereocenters. The van der Waals surface area contributed by atoms with E-state index in [1.165, 1.54) is 6.07 Å². The summed E-state index contributed by atoms with van der Waals surface area (Å²) in [5, 5.41) is 13.1. The molecule has 1 saturated heterocycles. The van der Waals surface area contributed by atoms with Gasteiger partial charge in [-0.15, -0.1) is 0 Å². The number of hydrogen-bond donors (Lipinski definition) is 2. The number of carbonyl (C=O) groups is 2. The number of hydrogen-bond acceptors (Lipinski definition) is 6. The zero-order valence-corrected chi connectivity index (χ0v) is 20.0. The first-order chi connectivity index (χ1) is 16.1. The number of rotatable bonds is 6. The molecule has 2 heterocycles. The van der Waals surface area contributed by atoms with Crippen LogP contribution in [-0.4, -0.2) is 30.5 Å². The number of aldehydes is 1. The minimum absolute atomic E-state index is 0.0422. The number of fused-ring (bicyclic) bond motifs is 1. The van der Waals surface area contributed by atoms with Crippen molar-refractivity contribution in [2.24, 2.45) is 5.41 Å². The number of para-hydroxylation sites is 1. The molecule has 1 fully saturated rings. The van der Waals surface area contributed by atoms with Gasteiger partial charge in [-0.25, -0.2) is 4.79 Å². The van der Waals surface area contributed by atoms with Crippen LogP contribution in [0.25, 0.3) is 11.0 Å². The quantitative estimate of drug-likeness (QED) is 0.472. The molecule has 34 heavy (non-hydrogen) atoms. The fourth-order valence-electron chi connectivity index (χ4n) is 4.56. The van der Waals surface area contributed by atoms with E-state index >= 15 is 0 Å². The van der Waals surface area contributed by atoms with E-state index < -0.39 is 5.97 Å². The summed E-state index contributed by atoms with van der Waals surface area (Å²) in [7, 11) is 0. The number of piperidine rings is 1. The van der Waals surface area contributed by atoms with Crippen LogP contribution >= 0.6 is 0 Å². The van der Waals surface area contributed by atoms with Gasteiger partial charge in [-0.1, -0.05) is 32.0 Å². The van der Waals surface area contributed by atoms with Crippen LogP contribution < -0.4 is 15.6 Å². The summed E-state index contributed by atoms with van der Waals surface area (Å²) in [4.78, 5) is 38.9. The highest BCUT2D eigenvalue weighted by atomic mass is 16.4. The van der Waals surface area contributed by atoms with Crippen molar-refractivity contribution in [3.63, 3.8) is 0 Å². The van der Waals surface area contributed by atoms with Crippen LogP contribution in [0, 0.1) is 12.3 Å². The van der Waals surface area contributed by atoms with Gasteiger partial charge in [0.15, 0.2) is 6.29 Å². The Labute approximate surface area is 198 Å². The van der Waals surface area contributed by atoms with Crippen LogP contribution in [0.3, 0.4) is 0 Å². The first kappa shape index (κ1) is 23.5. The molecule has 178 valence electrons. The summed E-state index contributed by atoms with van der Waals surface area (Å²) >= 11 is 0. The van der Waals surface area contributed by atoms with Gasteiger partial charge in [0, 0.05) is 24.3 Å². The van der Waals surface area contributed by atoms with Crippen molar-refractivity contribution in [3.8, 4) is 0 Å². The van der Waals surface area contributed by atoms with E-state index in [2.05, 4.69) is 19.2 Å². The molecule has 0 aliphatic carbocycles. The lowest BCUT2D eigenvalue weighted by molar-refractivity contribution is 0.0697. The number of nitrogens with zero attached hydrogens (tertiary/aromatic N) is 1. The molecule has 7 heteroatoms. The van der Waals surface area contributed by atoms with E-state index in [1.807, 2.05) is 24.8 Å². The van der Waals surface area contributed by atoms with Gasteiger partial charge in [0.05, 0.1) is 17.0 Å². The summed E-state index contributed by atoms with van der Waals surface area (Å²) in [6.07, 6.45) is 2.45. The van der Waals surface area contributed by atoms with Crippen LogP contribution in [0.1, 0.15) is 71.5 Å². The molecule has 3 aromatic rings. The van der Waals surface area contributed by atoms with E-state index in [0.717, 1.165) is 24.0 Å². The van der Waals surface area contributed by atoms with Gasteiger partial charge in [-0.05, 0) is 55.9 Å². The molecule has 1 aromatic heterocycles. The maximum absolute atomic E-state index is 13.4. The van der Waals surface area contributed by atoms with Crippen molar-refractivity contribution in [1.82, 2.24) is 0 Å². The molecule has 0 amide bonds. The number of nitrogens with one attached hydrogen (secondary N) is 1. The second kappa shape index (κ2) is 8.97. The van der Waals surface area contributed by atoms with E-state index in [4.69, 9.17) is 4.42 Å². The minimum Gasteiger partial charge on any atom is -0.478 e. The molecule has 2 aromatic carbocycles. The summed E-state index contributed by atoms with van der Waals surface area (Å²) in [5.74, 6) is -0.715. The predicted octanol–water partition coefficient (Wildman–Crippen LogP) is 5.41. The van der Waals surface area contributed by atoms with Crippen LogP contribution in [0.4, 0.5) is 11.6 Å². The molecule has 2 N–H and O–H groups in total. The van der Waals surface area contributed by atoms with Crippen molar-refractivity contribution >= 4 is 34.8 Å². The third-order valence-electron chi connectivity index (χ3n) is 6.70. The van der Waals surface area contributed by atoms with Gasteiger partial charge < -0.3 is 19.7 Å². The van der Waals surface area contributed by atoms with Crippen LogP contribution in [0.2, 0.25) is 0 Å². The zero-order chi connectivity index (χ0) is 24.6. The summed E-state index contributed by atoms with van der Waals surface area (Å²) in [6.45, 7) is 9.59. The molecule has 0 bridgehead atoms. The van der Waals surface area contributed by atoms with E-state index in [9.17, 15) is 19.5 Å². The molecule has 0 spiro atoms. The number of aryl methyl sites for hydroxylation is 1. The Hall–Kier alpha value is -3.61. The first-order valence-electron chi connectivity index (χ1n) is 11.5. The number of carboxylic acids is 1. The smallest absolute Gasteiger partial charge is 0.337 e. The van der Waals surface area contributed by atoms with Gasteiger partial charge in [-0.3, -0.25) is 9.59 Å². The number of carboxylic acid groups (broad SMARTS) is 1. The fraction of sp³-hybridized carbons (Fsp3) is 0.370. The lowest BCUT2D eigenvalue weighted by atomic mass is 9.82. The lowest BCUT2D eigenvalue weighted by Gasteiger charge is -2.37. The average molecular weight is 463 g/mol. The molecule has 4 rings (SSSR count). The molecule has 0 radical (unpaired) electrons. The van der Waals surface area contributed by atoms with E-state index in [-0.39, 0.29) is 28.0 Å². The SMILES string of the molecule is Cc1cc(C(C)Nc2ccccc2C(=O)O)c2oc(N3CCC(C)(C)CC3)c(C=O)c(=O)c2c1. The number of aromatic carboxylic acids is 1. The Morgan fingerprint density at radius 2 is 1.88 bits per heavy atom. The molecule has 7 nitrogen and oxygen atoms in total. The normalized spacial score (nSPS) is 16.3. The predicted molar refractivity (Wildman–Crippen MR) is 133 cm³/mol. The Morgan fingerprint density at radius 1 is 1.21 bits per heavy atom. The largest absolute Gasteiger partial charge is 0.478 e. The molecular formula is C27H30N2O5. The minimum atomic E-state index is -1.03. The lowest BCUT2D eigenvalue weighted by Crippen LogP contribution is -2.38. The Bertz CT molecular complexity index is 1310. The van der Waals surface area contributed by atoms with Gasteiger partial charge in [-0.2, -0.15) is 0 Å². The zero-order valence-electron chi connectivity index (χ0n) is 20.0. The number of anilines is 2. The molecule has 1 aliphatic rings. The maximum Gasteiger partial charge on any atom is 0.337 e.